The van der Waals surface area contributed by atoms with E-state index in [0.717, 1.165) is 68.6 Å². The first-order chi connectivity index (χ1) is 14.1. The second kappa shape index (κ2) is 10.1. The van der Waals surface area contributed by atoms with Crippen LogP contribution in [0.15, 0.2) is 35.3 Å². The average Bonchev–Trinajstić information content (AvgIpc) is 3.19. The molecule has 1 aromatic carbocycles. The van der Waals surface area contributed by atoms with Crippen molar-refractivity contribution in [1.82, 2.24) is 30.0 Å². The largest absolute Gasteiger partial charge is 0.357 e. The van der Waals surface area contributed by atoms with E-state index >= 15 is 0 Å². The minimum atomic E-state index is 0.777. The summed E-state index contributed by atoms with van der Waals surface area (Å²) in [4.78, 5) is 9.36. The fraction of sp³-hybridized carbons (Fsp3) is 0.500. The fourth-order valence-corrected chi connectivity index (χ4v) is 3.58. The van der Waals surface area contributed by atoms with Crippen molar-refractivity contribution in [2.45, 2.75) is 53.6 Å². The van der Waals surface area contributed by atoms with E-state index in [-0.39, 0.29) is 0 Å². The third kappa shape index (κ3) is 5.59. The summed E-state index contributed by atoms with van der Waals surface area (Å²) in [7, 11) is 0. The number of aliphatic imine (C=N–C) groups is 1. The zero-order valence-electron chi connectivity index (χ0n) is 18.1. The molecule has 0 saturated carbocycles. The second-order valence-corrected chi connectivity index (χ2v) is 7.34. The van der Waals surface area contributed by atoms with Gasteiger partial charge in [0.25, 0.3) is 0 Å². The van der Waals surface area contributed by atoms with Crippen LogP contribution in [0.4, 0.5) is 0 Å². The Morgan fingerprint density at radius 3 is 2.66 bits per heavy atom. The van der Waals surface area contributed by atoms with Crippen molar-refractivity contribution in [1.29, 1.82) is 0 Å². The van der Waals surface area contributed by atoms with Gasteiger partial charge < -0.3 is 15.2 Å². The molecule has 0 atom stereocenters. The molecule has 2 heterocycles. The van der Waals surface area contributed by atoms with Crippen molar-refractivity contribution < 1.29 is 0 Å². The van der Waals surface area contributed by atoms with Gasteiger partial charge in [-0.2, -0.15) is 5.10 Å². The van der Waals surface area contributed by atoms with Crippen LogP contribution in [0, 0.1) is 20.8 Å². The number of nitrogens with one attached hydrogen (secondary N) is 2. The summed E-state index contributed by atoms with van der Waals surface area (Å²) < 4.78 is 4.35. The summed E-state index contributed by atoms with van der Waals surface area (Å²) in [5, 5.41) is 11.3. The first-order valence-electron chi connectivity index (χ1n) is 10.5. The monoisotopic (exact) mass is 395 g/mol. The minimum absolute atomic E-state index is 0.777. The molecule has 3 aromatic rings. The van der Waals surface area contributed by atoms with Gasteiger partial charge in [0.2, 0.25) is 0 Å². The predicted molar refractivity (Wildman–Crippen MR) is 119 cm³/mol. The number of benzene rings is 1. The third-order valence-corrected chi connectivity index (χ3v) is 4.94. The molecule has 7 heteroatoms. The van der Waals surface area contributed by atoms with Crippen LogP contribution in [0.5, 0.6) is 0 Å². The van der Waals surface area contributed by atoms with Crippen LogP contribution in [0.1, 0.15) is 37.0 Å². The van der Waals surface area contributed by atoms with E-state index in [4.69, 9.17) is 4.99 Å². The molecule has 2 aromatic heterocycles. The number of aryl methyl sites for hydroxylation is 5. The maximum Gasteiger partial charge on any atom is 0.191 e. The Labute approximate surface area is 173 Å². The van der Waals surface area contributed by atoms with E-state index in [2.05, 4.69) is 75.0 Å². The third-order valence-electron chi connectivity index (χ3n) is 4.94. The van der Waals surface area contributed by atoms with Crippen LogP contribution >= 0.6 is 0 Å². The van der Waals surface area contributed by atoms with Gasteiger partial charge in [0, 0.05) is 38.4 Å². The van der Waals surface area contributed by atoms with Crippen LogP contribution < -0.4 is 10.6 Å². The van der Waals surface area contributed by atoms with E-state index in [1.54, 1.807) is 0 Å². The lowest BCUT2D eigenvalue weighted by Gasteiger charge is -2.12. The number of imidazole rings is 1. The molecule has 0 aliphatic heterocycles. The maximum absolute atomic E-state index is 4.73. The van der Waals surface area contributed by atoms with Crippen molar-refractivity contribution in [3.8, 4) is 0 Å². The van der Waals surface area contributed by atoms with E-state index in [9.17, 15) is 0 Å². The lowest BCUT2D eigenvalue weighted by atomic mass is 10.3. The SMILES string of the molecule is CCNC(=NCCCn1c(C)nc2ccccc21)NCCCn1nc(C)cc1C. The number of aromatic nitrogens is 4. The lowest BCUT2D eigenvalue weighted by Crippen LogP contribution is -2.38. The Morgan fingerprint density at radius 2 is 1.90 bits per heavy atom. The maximum atomic E-state index is 4.73. The first kappa shape index (κ1) is 20.9. The molecular formula is C22H33N7. The van der Waals surface area contributed by atoms with Gasteiger partial charge in [-0.15, -0.1) is 0 Å². The molecule has 0 aliphatic rings. The molecule has 156 valence electrons. The normalized spacial score (nSPS) is 11.9. The highest BCUT2D eigenvalue weighted by atomic mass is 15.3. The van der Waals surface area contributed by atoms with Gasteiger partial charge in [0.05, 0.1) is 16.7 Å². The van der Waals surface area contributed by atoms with E-state index < -0.39 is 0 Å². The standard InChI is InChI=1S/C22H33N7/c1-5-23-22(25-13-9-15-29-18(3)16-17(2)27-29)24-12-8-14-28-19(4)26-20-10-6-7-11-21(20)28/h6-7,10-11,16H,5,8-9,12-15H2,1-4H3,(H2,23,24,25). The van der Waals surface area contributed by atoms with Gasteiger partial charge in [-0.05, 0) is 58.7 Å². The summed E-state index contributed by atoms with van der Waals surface area (Å²) in [5.74, 6) is 1.94. The number of fused-ring (bicyclic) bond motifs is 1. The van der Waals surface area contributed by atoms with Crippen LogP contribution in [0.25, 0.3) is 11.0 Å². The van der Waals surface area contributed by atoms with Crippen LogP contribution in [-0.4, -0.2) is 44.9 Å². The fourth-order valence-electron chi connectivity index (χ4n) is 3.58. The number of hydrogen-bond donors (Lipinski definition) is 2. The molecule has 0 saturated heterocycles. The molecule has 29 heavy (non-hydrogen) atoms. The number of para-hydroxylation sites is 2. The Balaban J connectivity index is 1.46. The molecule has 0 unspecified atom stereocenters. The Kier molecular flexibility index (Phi) is 7.27. The van der Waals surface area contributed by atoms with Crippen molar-refractivity contribution in [3.63, 3.8) is 0 Å². The number of rotatable bonds is 9. The summed E-state index contributed by atoms with van der Waals surface area (Å²) in [6, 6.07) is 10.4. The highest BCUT2D eigenvalue weighted by Crippen LogP contribution is 2.15. The van der Waals surface area contributed by atoms with Crippen LogP contribution in [0.2, 0.25) is 0 Å². The summed E-state index contributed by atoms with van der Waals surface area (Å²) in [6.45, 7) is 12.6. The molecular weight excluding hydrogens is 362 g/mol. The van der Waals surface area contributed by atoms with E-state index in [1.807, 2.05) is 13.0 Å². The molecule has 0 radical (unpaired) electrons. The van der Waals surface area contributed by atoms with Gasteiger partial charge >= 0.3 is 0 Å². The Hall–Kier alpha value is -2.83. The zero-order valence-corrected chi connectivity index (χ0v) is 18.1. The smallest absolute Gasteiger partial charge is 0.191 e. The average molecular weight is 396 g/mol. The van der Waals surface area contributed by atoms with Crippen molar-refractivity contribution >= 4 is 17.0 Å². The number of nitrogens with zero attached hydrogens (tertiary/aromatic N) is 5. The molecule has 0 fully saturated rings. The molecule has 7 nitrogen and oxygen atoms in total. The predicted octanol–water partition coefficient (Wildman–Crippen LogP) is 3.19. The summed E-state index contributed by atoms with van der Waals surface area (Å²) in [6.07, 6.45) is 1.98. The van der Waals surface area contributed by atoms with Gasteiger partial charge in [-0.25, -0.2) is 4.98 Å². The van der Waals surface area contributed by atoms with Crippen molar-refractivity contribution in [3.05, 3.63) is 47.5 Å². The number of guanidine groups is 1. The quantitative estimate of drug-likeness (QED) is 0.332. The van der Waals surface area contributed by atoms with Crippen molar-refractivity contribution in [2.24, 2.45) is 4.99 Å². The Bertz CT molecular complexity index is 951. The zero-order chi connectivity index (χ0) is 20.6. The summed E-state index contributed by atoms with van der Waals surface area (Å²) in [5.41, 5.74) is 4.55. The van der Waals surface area contributed by atoms with Crippen LogP contribution in [0.3, 0.4) is 0 Å². The molecule has 3 rings (SSSR count). The van der Waals surface area contributed by atoms with Gasteiger partial charge in [-0.3, -0.25) is 9.67 Å². The Morgan fingerprint density at radius 1 is 1.07 bits per heavy atom. The molecule has 0 bridgehead atoms. The molecule has 2 N–H and O–H groups in total. The van der Waals surface area contributed by atoms with E-state index in [1.165, 1.54) is 11.2 Å². The van der Waals surface area contributed by atoms with E-state index in [0.29, 0.717) is 0 Å². The lowest BCUT2D eigenvalue weighted by molar-refractivity contribution is 0.555. The van der Waals surface area contributed by atoms with Crippen molar-refractivity contribution in [2.75, 3.05) is 19.6 Å². The first-order valence-corrected chi connectivity index (χ1v) is 10.5. The minimum Gasteiger partial charge on any atom is -0.357 e. The second-order valence-electron chi connectivity index (χ2n) is 7.34. The molecule has 0 spiro atoms. The van der Waals surface area contributed by atoms with Crippen LogP contribution in [-0.2, 0) is 13.1 Å². The highest BCUT2D eigenvalue weighted by molar-refractivity contribution is 5.79. The number of hydrogen-bond acceptors (Lipinski definition) is 3. The van der Waals surface area contributed by atoms with Gasteiger partial charge in [-0.1, -0.05) is 12.1 Å². The molecule has 0 aliphatic carbocycles. The highest BCUT2D eigenvalue weighted by Gasteiger charge is 2.06. The molecule has 0 amide bonds. The van der Waals surface area contributed by atoms with Gasteiger partial charge in [0.15, 0.2) is 5.96 Å². The van der Waals surface area contributed by atoms with Gasteiger partial charge in [0.1, 0.15) is 5.82 Å². The topological polar surface area (TPSA) is 72.1 Å². The summed E-state index contributed by atoms with van der Waals surface area (Å²) >= 11 is 0.